The molecule has 6 heteroatoms. The van der Waals surface area contributed by atoms with Crippen LogP contribution < -0.4 is 0 Å². The van der Waals surface area contributed by atoms with Gasteiger partial charge in [-0.25, -0.2) is 0 Å². The number of ether oxygens (including phenoxy) is 3. The van der Waals surface area contributed by atoms with Crippen LogP contribution in [0, 0.1) is 0 Å². The zero-order chi connectivity index (χ0) is 51.4. The fraction of sp³-hybridized carbons (Fsp3) is 0.923. The number of carbonyl (C=O) groups is 3. The van der Waals surface area contributed by atoms with E-state index in [4.69, 9.17) is 14.2 Å². The molecule has 0 saturated carbocycles. The highest BCUT2D eigenvalue weighted by atomic mass is 16.6. The number of esters is 3. The predicted octanol–water partition coefficient (Wildman–Crippen LogP) is 21.7. The van der Waals surface area contributed by atoms with E-state index in [0.29, 0.717) is 19.3 Å². The van der Waals surface area contributed by atoms with Crippen LogP contribution in [0.2, 0.25) is 0 Å². The lowest BCUT2D eigenvalue weighted by Crippen LogP contribution is -2.30. The van der Waals surface area contributed by atoms with Crippen molar-refractivity contribution >= 4 is 17.9 Å². The van der Waals surface area contributed by atoms with Crippen LogP contribution in [-0.2, 0) is 28.6 Å². The molecular weight excluding hydrogens is 877 g/mol. The number of carbonyl (C=O) groups excluding carboxylic acids is 3. The highest BCUT2D eigenvalue weighted by molar-refractivity contribution is 5.71. The van der Waals surface area contributed by atoms with E-state index in [1.807, 2.05) is 0 Å². The zero-order valence-corrected chi connectivity index (χ0v) is 48.3. The van der Waals surface area contributed by atoms with E-state index >= 15 is 0 Å². The van der Waals surface area contributed by atoms with Gasteiger partial charge < -0.3 is 14.2 Å². The molecule has 0 aliphatic heterocycles. The lowest BCUT2D eigenvalue weighted by atomic mass is 10.0. The summed E-state index contributed by atoms with van der Waals surface area (Å²) < 4.78 is 17.0. The minimum atomic E-state index is -0.768. The van der Waals surface area contributed by atoms with Crippen molar-refractivity contribution in [2.24, 2.45) is 0 Å². The van der Waals surface area contributed by atoms with E-state index in [1.165, 1.54) is 270 Å². The number of hydrogen-bond acceptors (Lipinski definition) is 6. The zero-order valence-electron chi connectivity index (χ0n) is 48.3. The van der Waals surface area contributed by atoms with Crippen molar-refractivity contribution in [3.05, 3.63) is 12.2 Å². The molecule has 0 aromatic rings. The molecule has 0 rings (SSSR count). The molecule has 0 aliphatic carbocycles. The van der Waals surface area contributed by atoms with Gasteiger partial charge in [-0.1, -0.05) is 315 Å². The number of rotatable bonds is 60. The van der Waals surface area contributed by atoms with Crippen LogP contribution in [0.5, 0.6) is 0 Å². The highest BCUT2D eigenvalue weighted by Crippen LogP contribution is 2.18. The van der Waals surface area contributed by atoms with Gasteiger partial charge in [0.2, 0.25) is 0 Å². The molecule has 0 radical (unpaired) electrons. The van der Waals surface area contributed by atoms with Crippen LogP contribution >= 0.6 is 0 Å². The van der Waals surface area contributed by atoms with Gasteiger partial charge in [0.25, 0.3) is 0 Å². The quantitative estimate of drug-likeness (QED) is 0.0261. The van der Waals surface area contributed by atoms with Crippen LogP contribution in [0.4, 0.5) is 0 Å². The molecule has 1 atom stereocenters. The van der Waals surface area contributed by atoms with E-state index in [9.17, 15) is 14.4 Å². The van der Waals surface area contributed by atoms with E-state index in [1.54, 1.807) is 0 Å². The molecule has 0 heterocycles. The van der Waals surface area contributed by atoms with Crippen molar-refractivity contribution in [3.8, 4) is 0 Å². The van der Waals surface area contributed by atoms with Gasteiger partial charge in [-0.05, 0) is 44.9 Å². The van der Waals surface area contributed by atoms with Crippen LogP contribution in [0.25, 0.3) is 0 Å². The molecule has 0 aliphatic rings. The van der Waals surface area contributed by atoms with Gasteiger partial charge in [0.1, 0.15) is 13.2 Å². The Morgan fingerprint density at radius 3 is 0.704 bits per heavy atom. The predicted molar refractivity (Wildman–Crippen MR) is 307 cm³/mol. The summed E-state index contributed by atoms with van der Waals surface area (Å²) in [6.07, 6.45) is 70.7. The molecule has 0 fully saturated rings. The van der Waals surface area contributed by atoms with Crippen molar-refractivity contribution in [3.63, 3.8) is 0 Å². The Bertz CT molecular complexity index is 1100. The van der Waals surface area contributed by atoms with Crippen LogP contribution in [0.15, 0.2) is 12.2 Å². The Morgan fingerprint density at radius 1 is 0.268 bits per heavy atom. The molecule has 0 spiro atoms. The number of unbranched alkanes of at least 4 members (excludes halogenated alkanes) is 47. The van der Waals surface area contributed by atoms with Crippen LogP contribution in [0.3, 0.4) is 0 Å². The monoisotopic (exact) mass is 1000 g/mol. The Kier molecular flexibility index (Phi) is 59.1. The van der Waals surface area contributed by atoms with Crippen molar-refractivity contribution in [1.82, 2.24) is 0 Å². The maximum atomic E-state index is 12.9. The van der Waals surface area contributed by atoms with Gasteiger partial charge in [0, 0.05) is 19.3 Å². The maximum absolute atomic E-state index is 12.9. The summed E-state index contributed by atoms with van der Waals surface area (Å²) >= 11 is 0. The second-order valence-corrected chi connectivity index (χ2v) is 22.0. The third-order valence-corrected chi connectivity index (χ3v) is 14.8. The van der Waals surface area contributed by atoms with Gasteiger partial charge in [-0.3, -0.25) is 14.4 Å². The minimum Gasteiger partial charge on any atom is -0.462 e. The summed E-state index contributed by atoms with van der Waals surface area (Å²) in [6.45, 7) is 6.71. The van der Waals surface area contributed by atoms with Crippen molar-refractivity contribution in [1.29, 1.82) is 0 Å². The molecule has 0 saturated heterocycles. The summed E-state index contributed by atoms with van der Waals surface area (Å²) in [7, 11) is 0. The Balaban J connectivity index is 4.29. The SMILES string of the molecule is CCCCCCCCC/C=C\CCCCCCCCCC(=O)OC(COC(=O)CCCCCCCCCCCCCCCCC)COC(=O)CCCCCCCCCCCCCCCCCCCCCC. The summed E-state index contributed by atoms with van der Waals surface area (Å²) in [5.41, 5.74) is 0. The molecular formula is C65H124O6. The average molecular weight is 1000 g/mol. The Morgan fingerprint density at radius 2 is 0.465 bits per heavy atom. The molecule has 0 aromatic carbocycles. The molecule has 420 valence electrons. The summed E-state index contributed by atoms with van der Waals surface area (Å²) in [4.78, 5) is 38.3. The lowest BCUT2D eigenvalue weighted by Gasteiger charge is -2.18. The molecule has 71 heavy (non-hydrogen) atoms. The minimum absolute atomic E-state index is 0.0652. The van der Waals surface area contributed by atoms with Crippen molar-refractivity contribution in [2.45, 2.75) is 374 Å². The number of hydrogen-bond donors (Lipinski definition) is 0. The van der Waals surface area contributed by atoms with Gasteiger partial charge >= 0.3 is 17.9 Å². The van der Waals surface area contributed by atoms with Gasteiger partial charge in [-0.15, -0.1) is 0 Å². The molecule has 1 unspecified atom stereocenters. The van der Waals surface area contributed by atoms with Gasteiger partial charge in [-0.2, -0.15) is 0 Å². The third kappa shape index (κ3) is 58.9. The molecule has 0 bridgehead atoms. The van der Waals surface area contributed by atoms with E-state index in [2.05, 4.69) is 32.9 Å². The maximum Gasteiger partial charge on any atom is 0.306 e. The topological polar surface area (TPSA) is 78.9 Å². The van der Waals surface area contributed by atoms with Gasteiger partial charge in [0.15, 0.2) is 6.10 Å². The van der Waals surface area contributed by atoms with E-state index in [-0.39, 0.29) is 31.1 Å². The largest absolute Gasteiger partial charge is 0.462 e. The molecule has 0 aromatic heterocycles. The smallest absolute Gasteiger partial charge is 0.306 e. The molecule has 6 nitrogen and oxygen atoms in total. The van der Waals surface area contributed by atoms with E-state index in [0.717, 1.165) is 57.8 Å². The highest BCUT2D eigenvalue weighted by Gasteiger charge is 2.19. The first-order chi connectivity index (χ1) is 35.0. The first-order valence-corrected chi connectivity index (χ1v) is 32.2. The summed E-state index contributed by atoms with van der Waals surface area (Å²) in [5.74, 6) is -0.838. The lowest BCUT2D eigenvalue weighted by molar-refractivity contribution is -0.167. The molecule has 0 N–H and O–H groups in total. The Hall–Kier alpha value is -1.85. The standard InChI is InChI=1S/C65H124O6/c1-4-7-10-13-16-19-22-25-28-30-32-33-35-37-40-43-46-49-52-55-58-64(67)70-61-62(60-69-63(66)57-54-51-48-45-42-39-36-27-24-21-18-15-12-9-6-3)71-65(68)59-56-53-50-47-44-41-38-34-31-29-26-23-20-17-14-11-8-5-2/h29,31,62H,4-28,30,32-61H2,1-3H3/b31-29-. The second-order valence-electron chi connectivity index (χ2n) is 22.0. The normalized spacial score (nSPS) is 12.0. The fourth-order valence-corrected chi connectivity index (χ4v) is 9.91. The molecule has 0 amide bonds. The van der Waals surface area contributed by atoms with E-state index < -0.39 is 6.10 Å². The van der Waals surface area contributed by atoms with Crippen molar-refractivity contribution in [2.75, 3.05) is 13.2 Å². The van der Waals surface area contributed by atoms with Gasteiger partial charge in [0.05, 0.1) is 0 Å². The fourth-order valence-electron chi connectivity index (χ4n) is 9.91. The first kappa shape index (κ1) is 69.2. The van der Waals surface area contributed by atoms with Crippen LogP contribution in [0.1, 0.15) is 367 Å². The van der Waals surface area contributed by atoms with Crippen molar-refractivity contribution < 1.29 is 28.6 Å². The summed E-state index contributed by atoms with van der Waals surface area (Å²) in [6, 6.07) is 0. The Labute approximate surface area is 443 Å². The number of allylic oxidation sites excluding steroid dienone is 2. The second kappa shape index (κ2) is 60.7. The average Bonchev–Trinajstić information content (AvgIpc) is 3.37. The first-order valence-electron chi connectivity index (χ1n) is 32.2. The van der Waals surface area contributed by atoms with Crippen LogP contribution in [-0.4, -0.2) is 37.2 Å². The summed E-state index contributed by atoms with van der Waals surface area (Å²) in [5, 5.41) is 0. The third-order valence-electron chi connectivity index (χ3n) is 14.8.